The van der Waals surface area contributed by atoms with Crippen LogP contribution in [0.25, 0.3) is 11.3 Å². The minimum atomic E-state index is -4.30. The van der Waals surface area contributed by atoms with Gasteiger partial charge in [-0.25, -0.2) is 0 Å². The molecule has 2 aromatic rings. The molecule has 1 aromatic heterocycles. The van der Waals surface area contributed by atoms with Gasteiger partial charge in [-0.15, -0.1) is 0 Å². The van der Waals surface area contributed by atoms with Crippen LogP contribution in [0.2, 0.25) is 0 Å². The van der Waals surface area contributed by atoms with Crippen molar-refractivity contribution in [1.82, 2.24) is 15.1 Å². The van der Waals surface area contributed by atoms with Crippen molar-refractivity contribution in [2.24, 2.45) is 0 Å². The van der Waals surface area contributed by atoms with Crippen molar-refractivity contribution in [3.05, 3.63) is 41.1 Å². The third-order valence-electron chi connectivity index (χ3n) is 3.95. The van der Waals surface area contributed by atoms with Gasteiger partial charge >= 0.3 is 6.18 Å². The van der Waals surface area contributed by atoms with E-state index in [4.69, 9.17) is 0 Å². The molecule has 6 heteroatoms. The van der Waals surface area contributed by atoms with E-state index in [2.05, 4.69) is 22.0 Å². The number of aromatic nitrogens is 2. The molecule has 112 valence electrons. The molecule has 0 saturated heterocycles. The average molecular weight is 295 g/mol. The molecule has 0 spiro atoms. The number of aromatic amines is 1. The lowest BCUT2D eigenvalue weighted by Crippen LogP contribution is -2.30. The Morgan fingerprint density at radius 3 is 2.57 bits per heavy atom. The summed E-state index contributed by atoms with van der Waals surface area (Å²) in [7, 11) is 0. The Labute approximate surface area is 120 Å². The molecule has 2 heterocycles. The summed E-state index contributed by atoms with van der Waals surface area (Å²) in [6.07, 6.45) is -3.40. The standard InChI is InChI=1S/C15H16F3N3/c1-2-21-8-7-13-12(9-21)14(20-19-13)10-3-5-11(6-4-10)15(16,17)18/h3-6H,2,7-9H2,1H3,(H,19,20). The number of nitrogens with zero attached hydrogens (tertiary/aromatic N) is 2. The Balaban J connectivity index is 1.93. The SMILES string of the molecule is CCN1CCc2[nH]nc(-c3ccc(C(F)(F)F)cc3)c2C1. The van der Waals surface area contributed by atoms with Gasteiger partial charge in [0.25, 0.3) is 0 Å². The quantitative estimate of drug-likeness (QED) is 0.920. The van der Waals surface area contributed by atoms with Crippen LogP contribution in [0.3, 0.4) is 0 Å². The second kappa shape index (κ2) is 5.18. The van der Waals surface area contributed by atoms with Crippen LogP contribution >= 0.6 is 0 Å². The van der Waals surface area contributed by atoms with Crippen LogP contribution in [-0.4, -0.2) is 28.2 Å². The molecule has 1 aliphatic rings. The topological polar surface area (TPSA) is 31.9 Å². The Morgan fingerprint density at radius 2 is 1.95 bits per heavy atom. The van der Waals surface area contributed by atoms with E-state index in [9.17, 15) is 13.2 Å². The Kier molecular flexibility index (Phi) is 3.49. The smallest absolute Gasteiger partial charge is 0.299 e. The second-order valence-electron chi connectivity index (χ2n) is 5.22. The van der Waals surface area contributed by atoms with Crippen LogP contribution in [0.4, 0.5) is 13.2 Å². The highest BCUT2D eigenvalue weighted by atomic mass is 19.4. The normalized spacial score (nSPS) is 16.0. The van der Waals surface area contributed by atoms with Crippen LogP contribution in [0, 0.1) is 0 Å². The maximum Gasteiger partial charge on any atom is 0.416 e. The van der Waals surface area contributed by atoms with Crippen molar-refractivity contribution in [3.8, 4) is 11.3 Å². The van der Waals surface area contributed by atoms with Gasteiger partial charge in [0.1, 0.15) is 0 Å². The van der Waals surface area contributed by atoms with Gasteiger partial charge in [-0.1, -0.05) is 19.1 Å². The third-order valence-corrected chi connectivity index (χ3v) is 3.95. The first-order valence-electron chi connectivity index (χ1n) is 6.95. The molecule has 0 aliphatic carbocycles. The molecule has 0 unspecified atom stereocenters. The Bertz CT molecular complexity index is 629. The zero-order valence-electron chi connectivity index (χ0n) is 11.7. The van der Waals surface area contributed by atoms with Gasteiger partial charge in [0.05, 0.1) is 11.3 Å². The Morgan fingerprint density at radius 1 is 1.24 bits per heavy atom. The van der Waals surface area contributed by atoms with Crippen molar-refractivity contribution in [1.29, 1.82) is 0 Å². The molecule has 21 heavy (non-hydrogen) atoms. The van der Waals surface area contributed by atoms with E-state index in [0.717, 1.165) is 60.7 Å². The summed E-state index contributed by atoms with van der Waals surface area (Å²) in [6, 6.07) is 5.20. The molecule has 1 N–H and O–H groups in total. The predicted molar refractivity (Wildman–Crippen MR) is 73.7 cm³/mol. The van der Waals surface area contributed by atoms with Crippen molar-refractivity contribution in [2.75, 3.05) is 13.1 Å². The average Bonchev–Trinajstić information content (AvgIpc) is 2.89. The van der Waals surface area contributed by atoms with Crippen LogP contribution in [0.1, 0.15) is 23.7 Å². The lowest BCUT2D eigenvalue weighted by Gasteiger charge is -2.25. The number of alkyl halides is 3. The number of nitrogens with one attached hydrogen (secondary N) is 1. The van der Waals surface area contributed by atoms with Gasteiger partial charge in [-0.3, -0.25) is 10.00 Å². The summed E-state index contributed by atoms with van der Waals surface area (Å²) in [6.45, 7) is 4.83. The molecular weight excluding hydrogens is 279 g/mol. The largest absolute Gasteiger partial charge is 0.416 e. The molecule has 0 radical (unpaired) electrons. The molecule has 3 nitrogen and oxygen atoms in total. The van der Waals surface area contributed by atoms with Gasteiger partial charge in [-0.2, -0.15) is 18.3 Å². The minimum Gasteiger partial charge on any atom is -0.299 e. The van der Waals surface area contributed by atoms with Gasteiger partial charge < -0.3 is 0 Å². The van der Waals surface area contributed by atoms with E-state index in [-0.39, 0.29) is 0 Å². The summed E-state index contributed by atoms with van der Waals surface area (Å²) < 4.78 is 37.8. The summed E-state index contributed by atoms with van der Waals surface area (Å²) in [5.41, 5.74) is 3.04. The molecule has 0 fully saturated rings. The third kappa shape index (κ3) is 2.68. The number of rotatable bonds is 2. The first-order chi connectivity index (χ1) is 9.99. The van der Waals surface area contributed by atoms with Crippen LogP contribution in [0.15, 0.2) is 24.3 Å². The summed E-state index contributed by atoms with van der Waals surface area (Å²) in [4.78, 5) is 2.30. The number of H-pyrrole nitrogens is 1. The van der Waals surface area contributed by atoms with Gasteiger partial charge in [-0.05, 0) is 18.7 Å². The van der Waals surface area contributed by atoms with E-state index in [1.807, 2.05) is 0 Å². The highest BCUT2D eigenvalue weighted by Gasteiger charge is 2.30. The van der Waals surface area contributed by atoms with Crippen molar-refractivity contribution in [2.45, 2.75) is 26.1 Å². The number of hydrogen-bond acceptors (Lipinski definition) is 2. The highest BCUT2D eigenvalue weighted by molar-refractivity contribution is 5.64. The lowest BCUT2D eigenvalue weighted by atomic mass is 10.00. The van der Waals surface area contributed by atoms with Crippen molar-refractivity contribution in [3.63, 3.8) is 0 Å². The summed E-state index contributed by atoms with van der Waals surface area (Å²) in [5, 5.41) is 7.31. The molecule has 1 aliphatic heterocycles. The summed E-state index contributed by atoms with van der Waals surface area (Å²) >= 11 is 0. The number of fused-ring (bicyclic) bond motifs is 1. The monoisotopic (exact) mass is 295 g/mol. The van der Waals surface area contributed by atoms with E-state index in [1.54, 1.807) is 0 Å². The second-order valence-corrected chi connectivity index (χ2v) is 5.22. The molecule has 0 bridgehead atoms. The van der Waals surface area contributed by atoms with Gasteiger partial charge in [0.2, 0.25) is 0 Å². The van der Waals surface area contributed by atoms with Crippen molar-refractivity contribution < 1.29 is 13.2 Å². The maximum absolute atomic E-state index is 12.6. The molecular formula is C15H16F3N3. The number of halogens is 3. The van der Waals surface area contributed by atoms with Crippen LogP contribution < -0.4 is 0 Å². The van der Waals surface area contributed by atoms with Gasteiger partial charge in [0, 0.05) is 36.3 Å². The summed E-state index contributed by atoms with van der Waals surface area (Å²) in [5.74, 6) is 0. The zero-order valence-corrected chi connectivity index (χ0v) is 11.7. The predicted octanol–water partition coefficient (Wildman–Crippen LogP) is 3.47. The van der Waals surface area contributed by atoms with Crippen LogP contribution in [0.5, 0.6) is 0 Å². The Hall–Kier alpha value is -1.82. The fourth-order valence-corrected chi connectivity index (χ4v) is 2.68. The fraction of sp³-hybridized carbons (Fsp3) is 0.400. The number of benzene rings is 1. The van der Waals surface area contributed by atoms with E-state index >= 15 is 0 Å². The molecule has 3 rings (SSSR count). The molecule has 0 atom stereocenters. The fourth-order valence-electron chi connectivity index (χ4n) is 2.68. The van der Waals surface area contributed by atoms with E-state index < -0.39 is 11.7 Å². The molecule has 1 aromatic carbocycles. The molecule has 0 saturated carbocycles. The first-order valence-corrected chi connectivity index (χ1v) is 6.95. The molecule has 0 amide bonds. The first kappa shape index (κ1) is 14.1. The van der Waals surface area contributed by atoms with Crippen LogP contribution in [-0.2, 0) is 19.1 Å². The van der Waals surface area contributed by atoms with E-state index in [0.29, 0.717) is 0 Å². The lowest BCUT2D eigenvalue weighted by molar-refractivity contribution is -0.137. The van der Waals surface area contributed by atoms with E-state index in [1.165, 1.54) is 12.1 Å². The minimum absolute atomic E-state index is 0.633. The number of hydrogen-bond donors (Lipinski definition) is 1. The zero-order chi connectivity index (χ0) is 15.0. The highest BCUT2D eigenvalue weighted by Crippen LogP contribution is 2.32. The van der Waals surface area contributed by atoms with Gasteiger partial charge in [0.15, 0.2) is 0 Å². The maximum atomic E-state index is 12.6. The van der Waals surface area contributed by atoms with Crippen molar-refractivity contribution >= 4 is 0 Å². The number of likely N-dealkylation sites (N-methyl/N-ethyl adjacent to an activating group) is 1.